The number of hydrogen-bond donors (Lipinski definition) is 0. The molecule has 2 heterocycles. The van der Waals surface area contributed by atoms with E-state index < -0.39 is 0 Å². The van der Waals surface area contributed by atoms with Crippen LogP contribution in [-0.2, 0) is 0 Å². The Morgan fingerprint density at radius 2 is 0.369 bits per heavy atom. The van der Waals surface area contributed by atoms with Crippen LogP contribution in [0.5, 0.6) is 0 Å². The first-order valence-corrected chi connectivity index (χ1v) is 29.3. The molecule has 0 spiro atoms. The van der Waals surface area contributed by atoms with E-state index in [9.17, 15) is 0 Å². The lowest BCUT2D eigenvalue weighted by atomic mass is 9.66. The molecule has 1 saturated carbocycles. The summed E-state index contributed by atoms with van der Waals surface area (Å²) < 4.78 is 5.44. The van der Waals surface area contributed by atoms with Crippen LogP contribution >= 0.6 is 0 Å². The minimum Gasteiger partial charge on any atom is -0.335 e. The fourth-order valence-corrected chi connectivity index (χ4v) is 13.5. The van der Waals surface area contributed by atoms with Gasteiger partial charge in [-0.2, -0.15) is 0 Å². The molecule has 4 unspecified atom stereocenters. The maximum atomic E-state index is 2.72. The molecule has 0 bridgehead atoms. The predicted octanol–water partition coefficient (Wildman–Crippen LogP) is 21.8. The van der Waals surface area contributed by atoms with E-state index in [1.54, 1.807) is 0 Å². The molecule has 84 heavy (non-hydrogen) atoms. The summed E-state index contributed by atoms with van der Waals surface area (Å²) in [4.78, 5) is 9.55. The second-order valence-corrected chi connectivity index (χ2v) is 22.3. The topological polar surface area (TPSA) is 22.8 Å². The van der Waals surface area contributed by atoms with E-state index in [1.807, 2.05) is 0 Å². The molecule has 15 rings (SSSR count). The van der Waals surface area contributed by atoms with Crippen molar-refractivity contribution in [3.05, 3.63) is 315 Å². The van der Waals surface area contributed by atoms with Crippen LogP contribution in [0.3, 0.4) is 0 Å². The van der Waals surface area contributed by atoms with Gasteiger partial charge in [0.2, 0.25) is 0 Å². The van der Waals surface area contributed by atoms with Crippen molar-refractivity contribution in [2.45, 2.75) is 25.9 Å². The average Bonchev–Trinajstić information content (AvgIpc) is 3.49. The highest BCUT2D eigenvalue weighted by molar-refractivity contribution is 6.13. The minimum atomic E-state index is 0.101. The van der Waals surface area contributed by atoms with Crippen LogP contribution in [0.15, 0.2) is 315 Å². The molecule has 6 heteroatoms. The van der Waals surface area contributed by atoms with Crippen molar-refractivity contribution in [1.29, 1.82) is 0 Å². The zero-order valence-electron chi connectivity index (χ0n) is 47.0. The van der Waals surface area contributed by atoms with E-state index in [1.165, 1.54) is 43.6 Å². The number of nitrogens with zero attached hydrogens (tertiary/aromatic N) is 6. The number of anilines is 12. The number of benzene rings is 12. The predicted molar refractivity (Wildman–Crippen MR) is 354 cm³/mol. The Kier molecular flexibility index (Phi) is 12.8. The molecule has 12 aromatic carbocycles. The largest absolute Gasteiger partial charge is 0.335 e. The molecule has 4 atom stereocenters. The number of fused-ring (bicyclic) bond motifs is 6. The van der Waals surface area contributed by atoms with Gasteiger partial charge in [-0.15, -0.1) is 0 Å². The summed E-state index contributed by atoms with van der Waals surface area (Å²) in [5.74, 6) is 0.681. The third-order valence-corrected chi connectivity index (χ3v) is 17.5. The normalized spacial score (nSPS) is 15.7. The summed E-state index contributed by atoms with van der Waals surface area (Å²) in [6, 6.07) is 115. The second kappa shape index (κ2) is 21.4. The van der Waals surface area contributed by atoms with Gasteiger partial charge < -0.3 is 28.7 Å². The molecule has 1 aliphatic rings. The highest BCUT2D eigenvalue weighted by Crippen LogP contribution is 2.58. The molecule has 1 fully saturated rings. The van der Waals surface area contributed by atoms with Crippen molar-refractivity contribution in [2.24, 2.45) is 11.8 Å². The van der Waals surface area contributed by atoms with E-state index in [4.69, 9.17) is 0 Å². The molecule has 0 aliphatic heterocycles. The maximum Gasteiger partial charge on any atom is 0.0581 e. The molecule has 0 saturated heterocycles. The Morgan fingerprint density at radius 1 is 0.202 bits per heavy atom. The Morgan fingerprint density at radius 3 is 0.536 bits per heavy atom. The summed E-state index contributed by atoms with van der Waals surface area (Å²) >= 11 is 0. The fourth-order valence-electron chi connectivity index (χ4n) is 13.5. The molecule has 404 valence electrons. The van der Waals surface area contributed by atoms with Crippen molar-refractivity contribution >= 4 is 112 Å². The van der Waals surface area contributed by atoms with Gasteiger partial charge in [0.05, 0.1) is 12.1 Å². The van der Waals surface area contributed by atoms with Crippen molar-refractivity contribution in [2.75, 3.05) is 19.6 Å². The lowest BCUT2D eigenvalue weighted by Gasteiger charge is -2.51. The Labute approximate surface area is 491 Å². The molecule has 0 N–H and O–H groups in total. The van der Waals surface area contributed by atoms with Gasteiger partial charge in [-0.05, 0) is 182 Å². The first kappa shape index (κ1) is 50.4. The third kappa shape index (κ3) is 8.74. The summed E-state index contributed by atoms with van der Waals surface area (Å²) in [5.41, 5.74) is 18.2. The van der Waals surface area contributed by atoms with Gasteiger partial charge in [0.25, 0.3) is 0 Å². The van der Waals surface area contributed by atoms with Crippen LogP contribution in [0.25, 0.3) is 43.6 Å². The highest BCUT2D eigenvalue weighted by atomic mass is 15.2. The van der Waals surface area contributed by atoms with Gasteiger partial charge in [0.1, 0.15) is 0 Å². The summed E-state index contributed by atoms with van der Waals surface area (Å²) in [5, 5.41) is 4.86. The average molecular weight is 1080 g/mol. The van der Waals surface area contributed by atoms with Crippen molar-refractivity contribution in [3.63, 3.8) is 0 Å². The Bertz CT molecular complexity index is 3850. The molecule has 2 aromatic heterocycles. The van der Waals surface area contributed by atoms with Crippen LogP contribution in [-0.4, -0.2) is 9.13 Å². The van der Waals surface area contributed by atoms with Crippen LogP contribution in [0, 0.1) is 11.8 Å². The zero-order chi connectivity index (χ0) is 56.1. The molecule has 0 radical (unpaired) electrons. The monoisotopic (exact) mass is 1080 g/mol. The van der Waals surface area contributed by atoms with Crippen molar-refractivity contribution in [3.8, 4) is 0 Å². The minimum absolute atomic E-state index is 0.101. The summed E-state index contributed by atoms with van der Waals surface area (Å²) in [7, 11) is 0. The SMILES string of the molecule is CC1C(C)C(n2c3ccc(N(c4ccccc4)c4ccccc4)cc3c3cc(N(c4ccccc4)c4ccccc4)ccc32)C1n1c2ccc(N(c3ccccc3)c3ccccc3)cc2c2cc(N(c3ccccc3)c3ccccc3)ccc21. The quantitative estimate of drug-likeness (QED) is 0.108. The molecule has 14 aromatic rings. The van der Waals surface area contributed by atoms with E-state index in [0.717, 1.165) is 68.2 Å². The van der Waals surface area contributed by atoms with Gasteiger partial charge in [-0.3, -0.25) is 0 Å². The van der Waals surface area contributed by atoms with E-state index in [0.29, 0.717) is 11.8 Å². The standard InChI is InChI=1S/C78H62N6/c1-55-56(2)78(84-75-49-45-67(81(61-35-19-7-20-36-61)62-37-21-8-22-38-62)53-71(75)72-54-68(46-50-76(72)84)82(63-39-23-9-24-40-63)64-41-25-10-26-42-64)77(55)83-73-47-43-65(79(57-27-11-3-12-28-57)58-29-13-4-14-30-58)51-69(73)70-52-66(44-48-74(70)83)80(59-31-15-5-16-32-59)60-33-17-6-18-34-60/h3-56,77-78H,1-2H3. The van der Waals surface area contributed by atoms with E-state index in [2.05, 4.69) is 358 Å². The van der Waals surface area contributed by atoms with Gasteiger partial charge in [-0.1, -0.05) is 159 Å². The Balaban J connectivity index is 0.961. The van der Waals surface area contributed by atoms with Crippen LogP contribution in [0.2, 0.25) is 0 Å². The van der Waals surface area contributed by atoms with Crippen LogP contribution in [0.1, 0.15) is 25.9 Å². The number of hydrogen-bond acceptors (Lipinski definition) is 4. The van der Waals surface area contributed by atoms with Gasteiger partial charge in [-0.25, -0.2) is 0 Å². The van der Waals surface area contributed by atoms with Crippen LogP contribution < -0.4 is 19.6 Å². The second-order valence-electron chi connectivity index (χ2n) is 22.3. The van der Waals surface area contributed by atoms with Crippen molar-refractivity contribution in [1.82, 2.24) is 9.13 Å². The lowest BCUT2D eigenvalue weighted by molar-refractivity contribution is 0.0338. The third-order valence-electron chi connectivity index (χ3n) is 17.5. The first-order chi connectivity index (χ1) is 41.6. The summed E-state index contributed by atoms with van der Waals surface area (Å²) in [6.45, 7) is 4.95. The fraction of sp³-hybridized carbons (Fsp3) is 0.0769. The molecular formula is C78H62N6. The maximum absolute atomic E-state index is 2.72. The molecule has 0 amide bonds. The van der Waals surface area contributed by atoms with Gasteiger partial charge in [0, 0.05) is 112 Å². The summed E-state index contributed by atoms with van der Waals surface area (Å²) in [6.07, 6.45) is 0. The van der Waals surface area contributed by atoms with Crippen LogP contribution in [0.4, 0.5) is 68.2 Å². The van der Waals surface area contributed by atoms with Gasteiger partial charge in [0.15, 0.2) is 0 Å². The highest BCUT2D eigenvalue weighted by Gasteiger charge is 2.49. The molecule has 6 nitrogen and oxygen atoms in total. The molecule has 1 aliphatic carbocycles. The van der Waals surface area contributed by atoms with Gasteiger partial charge >= 0.3 is 0 Å². The Hall–Kier alpha value is -10.6. The number of rotatable bonds is 14. The van der Waals surface area contributed by atoms with Crippen molar-refractivity contribution < 1.29 is 0 Å². The van der Waals surface area contributed by atoms with E-state index in [-0.39, 0.29) is 12.1 Å². The zero-order valence-corrected chi connectivity index (χ0v) is 47.0. The smallest absolute Gasteiger partial charge is 0.0581 e. The number of para-hydroxylation sites is 8. The molecular weight excluding hydrogens is 1020 g/mol. The number of aromatic nitrogens is 2. The van der Waals surface area contributed by atoms with E-state index >= 15 is 0 Å². The lowest BCUT2D eigenvalue weighted by Crippen LogP contribution is -2.46. The first-order valence-electron chi connectivity index (χ1n) is 29.3.